The van der Waals surface area contributed by atoms with E-state index in [0.29, 0.717) is 0 Å². The summed E-state index contributed by atoms with van der Waals surface area (Å²) in [4.78, 5) is 0. The fourth-order valence-electron chi connectivity index (χ4n) is 0. The van der Waals surface area contributed by atoms with Crippen LogP contribution in [-0.2, 0) is 0 Å². The Hall–Kier alpha value is -0.160. The van der Waals surface area contributed by atoms with Crippen LogP contribution in [-0.4, -0.2) is 17.2 Å². The molecule has 0 aromatic carbocycles. The maximum absolute atomic E-state index is 7.57. The van der Waals surface area contributed by atoms with Crippen LogP contribution in [0.5, 0.6) is 0 Å². The zero-order valence-corrected chi connectivity index (χ0v) is 3.81. The summed E-state index contributed by atoms with van der Waals surface area (Å²) >= 11 is 0. The number of hydrogen-bond donors (Lipinski definition) is 3. The molecule has 0 aliphatic carbocycles. The number of aliphatic hydroxyl groups is 1. The molecule has 0 amide bonds. The molecule has 0 fully saturated rings. The quantitative estimate of drug-likeness (QED) is 0.240. The van der Waals surface area contributed by atoms with Crippen molar-refractivity contribution in [1.82, 2.24) is 0 Å². The lowest BCUT2D eigenvalue weighted by atomic mass is 10.9. The number of rotatable bonds is 0. The summed E-state index contributed by atoms with van der Waals surface area (Å²) in [6.07, 6.45) is 0. The van der Waals surface area contributed by atoms with Gasteiger partial charge in [0.05, 0.1) is 0 Å². The molecule has 0 radical (unpaired) electrons. The minimum atomic E-state index is 0. The van der Waals surface area contributed by atoms with Crippen LogP contribution in [0, 0.1) is 0 Å². The summed E-state index contributed by atoms with van der Waals surface area (Å²) in [5, 5.41) is 7.57. The average Bonchev–Trinajstić information content (AvgIpc) is 1.46. The molecule has 0 heterocycles. The van der Waals surface area contributed by atoms with Gasteiger partial charge in [0.1, 0.15) is 0 Å². The first-order valence-electron chi connectivity index (χ1n) is 1.36. The molecule has 4 nitrogen and oxygen atoms in total. The number of hydrazine groups is 1. The van der Waals surface area contributed by atoms with E-state index in [1.165, 1.54) is 0 Å². The SMILES string of the molecule is CCO.NN.O. The maximum atomic E-state index is 7.57. The monoisotopic (exact) mass is 96.1 g/mol. The molecule has 0 atom stereocenters. The highest BCUT2D eigenvalue weighted by Crippen LogP contribution is 1.30. The van der Waals surface area contributed by atoms with Crippen molar-refractivity contribution < 1.29 is 10.6 Å². The average molecular weight is 96.1 g/mol. The van der Waals surface area contributed by atoms with Gasteiger partial charge in [-0.2, -0.15) is 0 Å². The summed E-state index contributed by atoms with van der Waals surface area (Å²) in [5.74, 6) is 8.00. The second-order valence-electron chi connectivity index (χ2n) is 0.316. The Kier molecular flexibility index (Phi) is 286. The van der Waals surface area contributed by atoms with Crippen molar-refractivity contribution in [2.45, 2.75) is 6.92 Å². The lowest BCUT2D eigenvalue weighted by molar-refractivity contribution is 0.318. The first-order valence-corrected chi connectivity index (χ1v) is 1.36. The van der Waals surface area contributed by atoms with Gasteiger partial charge in [0.2, 0.25) is 0 Å². The molecule has 0 aromatic rings. The highest BCUT2D eigenvalue weighted by Gasteiger charge is 1.34. The van der Waals surface area contributed by atoms with Gasteiger partial charge in [0.15, 0.2) is 0 Å². The van der Waals surface area contributed by atoms with E-state index in [9.17, 15) is 0 Å². The topological polar surface area (TPSA) is 104 Å². The van der Waals surface area contributed by atoms with Gasteiger partial charge >= 0.3 is 0 Å². The zero-order chi connectivity index (χ0) is 4.71. The molecular formula is C2H12N2O2. The van der Waals surface area contributed by atoms with Crippen molar-refractivity contribution in [3.63, 3.8) is 0 Å². The molecule has 0 aromatic heterocycles. The lowest BCUT2D eigenvalue weighted by Gasteiger charge is -1.52. The molecule has 0 saturated heterocycles. The maximum Gasteiger partial charge on any atom is 0.0402 e. The third-order valence-electron chi connectivity index (χ3n) is 0. The molecule has 4 heteroatoms. The van der Waals surface area contributed by atoms with Crippen LogP contribution in [0.3, 0.4) is 0 Å². The molecule has 0 saturated carbocycles. The minimum Gasteiger partial charge on any atom is -0.412 e. The summed E-state index contributed by atoms with van der Waals surface area (Å²) in [7, 11) is 0. The van der Waals surface area contributed by atoms with E-state index < -0.39 is 0 Å². The zero-order valence-electron chi connectivity index (χ0n) is 3.81. The second-order valence-corrected chi connectivity index (χ2v) is 0.316. The predicted molar refractivity (Wildman–Crippen MR) is 24.7 cm³/mol. The van der Waals surface area contributed by atoms with E-state index in [2.05, 4.69) is 11.7 Å². The van der Waals surface area contributed by atoms with E-state index in [0.717, 1.165) is 0 Å². The van der Waals surface area contributed by atoms with Crippen molar-refractivity contribution >= 4 is 0 Å². The highest BCUT2D eigenvalue weighted by atomic mass is 16.2. The first-order chi connectivity index (χ1) is 2.41. The highest BCUT2D eigenvalue weighted by molar-refractivity contribution is 3.84. The standard InChI is InChI=1S/C2H6O.H4N2.H2O/c1-2-3;1-2;/h3H,2H2,1H3;1-2H2;1H2. The van der Waals surface area contributed by atoms with E-state index >= 15 is 0 Å². The smallest absolute Gasteiger partial charge is 0.0402 e. The summed E-state index contributed by atoms with van der Waals surface area (Å²) in [6.45, 7) is 1.93. The fourth-order valence-corrected chi connectivity index (χ4v) is 0. The number of hydrogen-bond acceptors (Lipinski definition) is 3. The van der Waals surface area contributed by atoms with Gasteiger partial charge < -0.3 is 10.6 Å². The summed E-state index contributed by atoms with van der Waals surface area (Å²) in [5.41, 5.74) is 0. The molecule has 6 heavy (non-hydrogen) atoms. The normalized spacial score (nSPS) is 4.00. The molecule has 0 unspecified atom stereocenters. The fraction of sp³-hybridized carbons (Fsp3) is 1.00. The van der Waals surface area contributed by atoms with Crippen LogP contribution in [0.2, 0.25) is 0 Å². The van der Waals surface area contributed by atoms with Crippen molar-refractivity contribution in [1.29, 1.82) is 0 Å². The van der Waals surface area contributed by atoms with Crippen molar-refractivity contribution in [3.8, 4) is 0 Å². The number of nitrogens with two attached hydrogens (primary N) is 2. The van der Waals surface area contributed by atoms with E-state index in [1.807, 2.05) is 0 Å². The lowest BCUT2D eigenvalue weighted by Crippen LogP contribution is -2.02. The molecule has 42 valence electrons. The first kappa shape index (κ1) is 17.0. The Morgan fingerprint density at radius 1 is 1.50 bits per heavy atom. The van der Waals surface area contributed by atoms with Gasteiger partial charge in [-0.05, 0) is 6.92 Å². The van der Waals surface area contributed by atoms with E-state index in [-0.39, 0.29) is 12.1 Å². The van der Waals surface area contributed by atoms with Crippen LogP contribution in [0.4, 0.5) is 0 Å². The largest absolute Gasteiger partial charge is 0.412 e. The molecule has 0 aliphatic heterocycles. The van der Waals surface area contributed by atoms with Crippen molar-refractivity contribution in [2.75, 3.05) is 6.61 Å². The molecule has 0 bridgehead atoms. The molecule has 0 aliphatic rings. The van der Waals surface area contributed by atoms with Crippen LogP contribution in [0.1, 0.15) is 6.92 Å². The Labute approximate surface area is 37.0 Å². The minimum absolute atomic E-state index is 0. The molecule has 7 N–H and O–H groups in total. The van der Waals surface area contributed by atoms with Crippen LogP contribution in [0.15, 0.2) is 0 Å². The second kappa shape index (κ2) is 101. The molecule has 0 rings (SSSR count). The van der Waals surface area contributed by atoms with Gasteiger partial charge in [0.25, 0.3) is 0 Å². The Morgan fingerprint density at radius 3 is 1.50 bits per heavy atom. The van der Waals surface area contributed by atoms with Gasteiger partial charge in [-0.3, -0.25) is 11.7 Å². The Balaban J connectivity index is -0.0000000275. The third kappa shape index (κ3) is 1210. The van der Waals surface area contributed by atoms with Crippen LogP contribution in [0.25, 0.3) is 0 Å². The molecule has 0 spiro atoms. The molecular weight excluding hydrogens is 84.0 g/mol. The van der Waals surface area contributed by atoms with E-state index in [4.69, 9.17) is 5.11 Å². The van der Waals surface area contributed by atoms with Gasteiger partial charge in [0, 0.05) is 6.61 Å². The summed E-state index contributed by atoms with van der Waals surface area (Å²) < 4.78 is 0. The summed E-state index contributed by atoms with van der Waals surface area (Å²) in [6, 6.07) is 0. The predicted octanol–water partition coefficient (Wildman–Crippen LogP) is -2.01. The number of aliphatic hydroxyl groups excluding tert-OH is 1. The van der Waals surface area contributed by atoms with Crippen LogP contribution < -0.4 is 11.7 Å². The Bertz CT molecular complexity index is 9.51. The third-order valence-corrected chi connectivity index (χ3v) is 0. The van der Waals surface area contributed by atoms with E-state index in [1.54, 1.807) is 6.92 Å². The van der Waals surface area contributed by atoms with Crippen molar-refractivity contribution in [2.24, 2.45) is 11.7 Å². The van der Waals surface area contributed by atoms with Crippen LogP contribution >= 0.6 is 0 Å². The van der Waals surface area contributed by atoms with Gasteiger partial charge in [-0.1, -0.05) is 0 Å². The Morgan fingerprint density at radius 2 is 1.50 bits per heavy atom. The van der Waals surface area contributed by atoms with Gasteiger partial charge in [-0.25, -0.2) is 0 Å². The van der Waals surface area contributed by atoms with Crippen molar-refractivity contribution in [3.05, 3.63) is 0 Å². The van der Waals surface area contributed by atoms with Gasteiger partial charge in [-0.15, -0.1) is 0 Å².